The van der Waals surface area contributed by atoms with Crippen LogP contribution in [0.5, 0.6) is 0 Å². The number of nitrogens with two attached hydrogens (primary N) is 1. The van der Waals surface area contributed by atoms with Crippen LogP contribution in [0.25, 0.3) is 0 Å². The van der Waals surface area contributed by atoms with Crippen LogP contribution >= 0.6 is 7.82 Å². The normalized spacial score (nSPS) is 13.8. The molecule has 0 saturated carbocycles. The van der Waals surface area contributed by atoms with Crippen LogP contribution in [0.3, 0.4) is 0 Å². The van der Waals surface area contributed by atoms with E-state index >= 15 is 0 Å². The van der Waals surface area contributed by atoms with Gasteiger partial charge in [0.05, 0.1) is 13.2 Å². The minimum atomic E-state index is -4.40. The van der Waals surface area contributed by atoms with Crippen molar-refractivity contribution in [2.24, 2.45) is 5.73 Å². The molecule has 0 heterocycles. The predicted octanol–water partition coefficient (Wildman–Crippen LogP) is 21.5. The summed E-state index contributed by atoms with van der Waals surface area (Å²) in [6, 6.07) is 0. The summed E-state index contributed by atoms with van der Waals surface area (Å²) in [6.07, 6.45) is 91.3. The van der Waals surface area contributed by atoms with Gasteiger partial charge in [0, 0.05) is 19.4 Å². The van der Waals surface area contributed by atoms with Crippen LogP contribution in [0.4, 0.5) is 0 Å². The molecule has 0 aromatic rings. The number of rotatable bonds is 61. The second kappa shape index (κ2) is 65.6. The van der Waals surface area contributed by atoms with E-state index < -0.39 is 26.5 Å². The maximum Gasteiger partial charge on any atom is 0.472 e. The molecule has 0 aliphatic carbocycles. The highest BCUT2D eigenvalue weighted by molar-refractivity contribution is 7.47. The number of carbonyl (C=O) groups excluding carboxylic acids is 2. The Bertz CT molecular complexity index is 1740. The summed E-state index contributed by atoms with van der Waals surface area (Å²) in [7, 11) is -4.40. The Labute approximate surface area is 498 Å². The van der Waals surface area contributed by atoms with E-state index in [0.29, 0.717) is 6.42 Å². The fourth-order valence-corrected chi connectivity index (χ4v) is 9.74. The molecule has 0 aromatic carbocycles. The van der Waals surface area contributed by atoms with E-state index in [1.165, 1.54) is 148 Å². The quantitative estimate of drug-likeness (QED) is 0.0264. The highest BCUT2D eigenvalue weighted by Crippen LogP contribution is 2.43. The van der Waals surface area contributed by atoms with Crippen LogP contribution in [-0.4, -0.2) is 49.3 Å². The van der Waals surface area contributed by atoms with Gasteiger partial charge in [-0.2, -0.15) is 0 Å². The number of phosphoric acid groups is 1. The van der Waals surface area contributed by atoms with Crippen molar-refractivity contribution < 1.29 is 37.6 Å². The van der Waals surface area contributed by atoms with E-state index in [-0.39, 0.29) is 38.6 Å². The van der Waals surface area contributed by atoms with Crippen molar-refractivity contribution in [1.82, 2.24) is 0 Å². The molecule has 2 atom stereocenters. The molecule has 0 fully saturated rings. The summed E-state index contributed by atoms with van der Waals surface area (Å²) in [5.74, 6) is -0.832. The molecule has 464 valence electrons. The zero-order valence-corrected chi connectivity index (χ0v) is 52.9. The Morgan fingerprint density at radius 1 is 0.383 bits per heavy atom. The summed E-state index contributed by atoms with van der Waals surface area (Å²) in [4.78, 5) is 35.3. The molecule has 0 bridgehead atoms. The molecule has 3 N–H and O–H groups in total. The van der Waals surface area contributed by atoms with Crippen LogP contribution in [0, 0.1) is 0 Å². The maximum atomic E-state index is 12.7. The fraction of sp³-hybridized carbons (Fsp3) is 0.690. The van der Waals surface area contributed by atoms with Crippen LogP contribution in [0.2, 0.25) is 0 Å². The second-order valence-corrected chi connectivity index (χ2v) is 23.1. The monoisotopic (exact) mass is 1150 g/mol. The summed E-state index contributed by atoms with van der Waals surface area (Å²) >= 11 is 0. The fourth-order valence-electron chi connectivity index (χ4n) is 8.98. The lowest BCUT2D eigenvalue weighted by molar-refractivity contribution is -0.161. The first kappa shape index (κ1) is 77.4. The molecule has 2 unspecified atom stereocenters. The van der Waals surface area contributed by atoms with E-state index in [2.05, 4.69) is 135 Å². The van der Waals surface area contributed by atoms with Gasteiger partial charge in [-0.05, 0) is 109 Å². The third kappa shape index (κ3) is 65.4. The molecule has 0 rings (SSSR count). The van der Waals surface area contributed by atoms with Crippen molar-refractivity contribution in [3.63, 3.8) is 0 Å². The number of hydrogen-bond acceptors (Lipinski definition) is 8. The average molecular weight is 1150 g/mol. The molecular formula is C71H122NO8P. The number of phosphoric ester groups is 1. The first-order valence-electron chi connectivity index (χ1n) is 33.0. The number of unbranched alkanes of at least 4 members (excludes halogenated alkanes) is 28. The van der Waals surface area contributed by atoms with Crippen molar-refractivity contribution in [2.75, 3.05) is 26.4 Å². The lowest BCUT2D eigenvalue weighted by Gasteiger charge is -2.19. The number of allylic oxidation sites excluding steroid dienone is 20. The Morgan fingerprint density at radius 3 is 1.02 bits per heavy atom. The first-order chi connectivity index (χ1) is 39.8. The van der Waals surface area contributed by atoms with Crippen LogP contribution in [0.15, 0.2) is 122 Å². The Kier molecular flexibility index (Phi) is 62.7. The van der Waals surface area contributed by atoms with Gasteiger partial charge in [-0.25, -0.2) is 4.57 Å². The average Bonchev–Trinajstić information content (AvgIpc) is 3.46. The molecule has 0 amide bonds. The second-order valence-electron chi connectivity index (χ2n) is 21.6. The largest absolute Gasteiger partial charge is 0.472 e. The van der Waals surface area contributed by atoms with Crippen molar-refractivity contribution in [3.8, 4) is 0 Å². The van der Waals surface area contributed by atoms with Gasteiger partial charge in [0.25, 0.3) is 0 Å². The lowest BCUT2D eigenvalue weighted by atomic mass is 10.0. The molecule has 0 radical (unpaired) electrons. The number of hydrogen-bond donors (Lipinski definition) is 2. The van der Waals surface area contributed by atoms with Gasteiger partial charge >= 0.3 is 19.8 Å². The standard InChI is InChI=1S/C71H122NO8P/c1-3-5-7-9-11-13-15-17-19-21-23-25-26-27-28-29-30-31-32-33-34-35-36-37-38-39-40-41-42-44-46-48-50-52-54-56-58-60-62-64-71(74)80-69(68-79-81(75,76)78-66-65-72)67-77-70(73)63-61-59-57-55-53-51-49-47-45-43-24-22-20-18-16-14-12-10-8-6-4-2/h5,7,11,13,17,19,22-25,27-28,30-31,33-34,36-37,39-40,69H,3-4,6,8-10,12,14-16,18,20-21,26,29,32,35,38,41-68,72H2,1-2H3,(H,75,76)/b7-5-,13-11-,19-17-,24-22-,25-23-,28-27-,31-30-,34-33-,37-36-,40-39-. The SMILES string of the molecule is CC/C=C\C/C=C\C/C=C\C/C=C\C/C=C\C/C=C\C/C=C\C/C=C\C/C=C\CCCCCCCCCCCCCC(=O)OC(COC(=O)CCCCCCCCCCC/C=C\CCCCCCCCCC)COP(=O)(O)OCCN. The molecule has 0 spiro atoms. The summed E-state index contributed by atoms with van der Waals surface area (Å²) < 4.78 is 33.1. The molecule has 9 nitrogen and oxygen atoms in total. The third-order valence-electron chi connectivity index (χ3n) is 13.8. The van der Waals surface area contributed by atoms with Gasteiger partial charge in [-0.3, -0.25) is 18.6 Å². The molecule has 10 heteroatoms. The van der Waals surface area contributed by atoms with Crippen LogP contribution in [0.1, 0.15) is 284 Å². The number of carbonyl (C=O) groups is 2. The van der Waals surface area contributed by atoms with Crippen molar-refractivity contribution in [1.29, 1.82) is 0 Å². The van der Waals surface area contributed by atoms with Crippen molar-refractivity contribution in [3.05, 3.63) is 122 Å². The van der Waals surface area contributed by atoms with E-state index in [0.717, 1.165) is 103 Å². The van der Waals surface area contributed by atoms with E-state index in [1.54, 1.807) is 0 Å². The number of esters is 2. The molecular weight excluding hydrogens is 1030 g/mol. The molecule has 0 aromatic heterocycles. The van der Waals surface area contributed by atoms with E-state index in [4.69, 9.17) is 24.3 Å². The lowest BCUT2D eigenvalue weighted by Crippen LogP contribution is -2.29. The minimum Gasteiger partial charge on any atom is -0.462 e. The third-order valence-corrected chi connectivity index (χ3v) is 14.8. The summed E-state index contributed by atoms with van der Waals surface area (Å²) in [6.45, 7) is 3.64. The highest BCUT2D eigenvalue weighted by Gasteiger charge is 2.26. The Morgan fingerprint density at radius 2 is 0.679 bits per heavy atom. The smallest absolute Gasteiger partial charge is 0.462 e. The van der Waals surface area contributed by atoms with E-state index in [9.17, 15) is 19.0 Å². The topological polar surface area (TPSA) is 134 Å². The molecule has 0 saturated heterocycles. The number of ether oxygens (including phenoxy) is 2. The predicted molar refractivity (Wildman–Crippen MR) is 348 cm³/mol. The van der Waals surface area contributed by atoms with Crippen LogP contribution < -0.4 is 5.73 Å². The first-order valence-corrected chi connectivity index (χ1v) is 34.5. The zero-order chi connectivity index (χ0) is 58.7. The van der Waals surface area contributed by atoms with Crippen LogP contribution in [-0.2, 0) is 32.7 Å². The van der Waals surface area contributed by atoms with Crippen molar-refractivity contribution in [2.45, 2.75) is 290 Å². The van der Waals surface area contributed by atoms with Gasteiger partial charge in [0.2, 0.25) is 0 Å². The van der Waals surface area contributed by atoms with Gasteiger partial charge in [0.15, 0.2) is 6.10 Å². The zero-order valence-electron chi connectivity index (χ0n) is 52.0. The maximum absolute atomic E-state index is 12.7. The molecule has 81 heavy (non-hydrogen) atoms. The molecule has 0 aliphatic heterocycles. The Hall–Kier alpha value is -3.59. The summed E-state index contributed by atoms with van der Waals surface area (Å²) in [5, 5.41) is 0. The van der Waals surface area contributed by atoms with Gasteiger partial charge in [-0.15, -0.1) is 0 Å². The highest BCUT2D eigenvalue weighted by atomic mass is 31.2. The minimum absolute atomic E-state index is 0.0485. The van der Waals surface area contributed by atoms with E-state index in [1.807, 2.05) is 0 Å². The van der Waals surface area contributed by atoms with Gasteiger partial charge in [0.1, 0.15) is 6.61 Å². The van der Waals surface area contributed by atoms with Crippen molar-refractivity contribution >= 4 is 19.8 Å². The summed E-state index contributed by atoms with van der Waals surface area (Å²) in [5.41, 5.74) is 5.39. The Balaban J connectivity index is 3.94. The molecule has 0 aliphatic rings. The van der Waals surface area contributed by atoms with Gasteiger partial charge in [-0.1, -0.05) is 283 Å². The van der Waals surface area contributed by atoms with Gasteiger partial charge < -0.3 is 20.1 Å².